The number of carbonyl (C=O) groups is 3. The standard InChI is InChI=1S/C27H22BrFN2O4S/c1-2-17-5-10-21(11-6-17)30-25(32)15-31-26(33)24(36-27(31)34)14-19-7-12-23(22(28)13-19)35-16-18-3-8-20(29)9-4-18/h3-14H,2,15-16H2,1H3,(H,30,32)/b24-14-. The third-order valence-corrected chi connectivity index (χ3v) is 6.91. The monoisotopic (exact) mass is 568 g/mol. The summed E-state index contributed by atoms with van der Waals surface area (Å²) in [4.78, 5) is 38.8. The molecule has 36 heavy (non-hydrogen) atoms. The molecule has 9 heteroatoms. The number of thioether (sulfide) groups is 1. The van der Waals surface area contributed by atoms with E-state index in [0.29, 0.717) is 21.5 Å². The number of nitrogens with zero attached hydrogens (tertiary/aromatic N) is 1. The Morgan fingerprint density at radius 3 is 2.42 bits per heavy atom. The average molecular weight is 569 g/mol. The van der Waals surface area contributed by atoms with Gasteiger partial charge in [0.2, 0.25) is 5.91 Å². The number of amides is 3. The Kier molecular flexibility index (Phi) is 8.22. The largest absolute Gasteiger partial charge is 0.488 e. The Bertz CT molecular complexity index is 1330. The van der Waals surface area contributed by atoms with Crippen molar-refractivity contribution >= 4 is 56.5 Å². The molecule has 0 atom stereocenters. The smallest absolute Gasteiger partial charge is 0.294 e. The molecule has 1 fully saturated rings. The summed E-state index contributed by atoms with van der Waals surface area (Å²) < 4.78 is 19.5. The lowest BCUT2D eigenvalue weighted by Crippen LogP contribution is -2.36. The number of carbonyl (C=O) groups excluding carboxylic acids is 3. The molecule has 1 N–H and O–H groups in total. The molecule has 184 valence electrons. The van der Waals surface area contributed by atoms with Gasteiger partial charge < -0.3 is 10.1 Å². The first kappa shape index (κ1) is 25.7. The van der Waals surface area contributed by atoms with Gasteiger partial charge in [0.05, 0.1) is 9.38 Å². The molecule has 0 aliphatic carbocycles. The SMILES string of the molecule is CCc1ccc(NC(=O)CN2C(=O)S/C(=C\c3ccc(OCc4ccc(F)cc4)c(Br)c3)C2=O)cc1. The average Bonchev–Trinajstić information content (AvgIpc) is 3.12. The van der Waals surface area contributed by atoms with Crippen molar-refractivity contribution in [3.63, 3.8) is 0 Å². The maximum Gasteiger partial charge on any atom is 0.294 e. The number of imide groups is 1. The van der Waals surface area contributed by atoms with Gasteiger partial charge in [0.15, 0.2) is 0 Å². The lowest BCUT2D eigenvalue weighted by Gasteiger charge is -2.12. The molecule has 3 aromatic carbocycles. The summed E-state index contributed by atoms with van der Waals surface area (Å²) in [6, 6.07) is 18.7. The van der Waals surface area contributed by atoms with Crippen molar-refractivity contribution in [1.29, 1.82) is 0 Å². The van der Waals surface area contributed by atoms with E-state index in [0.717, 1.165) is 34.2 Å². The number of aryl methyl sites for hydroxylation is 1. The second-order valence-corrected chi connectivity index (χ2v) is 9.82. The van der Waals surface area contributed by atoms with Gasteiger partial charge in [0.1, 0.15) is 24.7 Å². The van der Waals surface area contributed by atoms with Crippen LogP contribution in [0.4, 0.5) is 14.9 Å². The van der Waals surface area contributed by atoms with Crippen LogP contribution >= 0.6 is 27.7 Å². The van der Waals surface area contributed by atoms with Gasteiger partial charge in [-0.3, -0.25) is 19.3 Å². The van der Waals surface area contributed by atoms with Gasteiger partial charge in [0, 0.05) is 5.69 Å². The third-order valence-electron chi connectivity index (χ3n) is 5.38. The van der Waals surface area contributed by atoms with Gasteiger partial charge in [-0.1, -0.05) is 37.3 Å². The van der Waals surface area contributed by atoms with Crippen LogP contribution in [-0.2, 0) is 22.6 Å². The van der Waals surface area contributed by atoms with Gasteiger partial charge in [0.25, 0.3) is 11.1 Å². The minimum absolute atomic E-state index is 0.229. The van der Waals surface area contributed by atoms with Crippen LogP contribution in [-0.4, -0.2) is 28.5 Å². The fourth-order valence-corrected chi connectivity index (χ4v) is 4.77. The maximum atomic E-state index is 13.1. The summed E-state index contributed by atoms with van der Waals surface area (Å²) >= 11 is 4.25. The molecule has 3 amide bonds. The quantitative estimate of drug-likeness (QED) is 0.318. The lowest BCUT2D eigenvalue weighted by atomic mass is 10.1. The van der Waals surface area contributed by atoms with E-state index in [4.69, 9.17) is 4.74 Å². The van der Waals surface area contributed by atoms with Crippen molar-refractivity contribution in [2.75, 3.05) is 11.9 Å². The van der Waals surface area contributed by atoms with Crippen LogP contribution in [0, 0.1) is 5.82 Å². The van der Waals surface area contributed by atoms with E-state index in [1.54, 1.807) is 48.5 Å². The molecule has 1 heterocycles. The fraction of sp³-hybridized carbons (Fsp3) is 0.148. The highest BCUT2D eigenvalue weighted by molar-refractivity contribution is 9.10. The number of anilines is 1. The van der Waals surface area contributed by atoms with Gasteiger partial charge >= 0.3 is 0 Å². The maximum absolute atomic E-state index is 13.1. The molecule has 0 spiro atoms. The van der Waals surface area contributed by atoms with Gasteiger partial charge in [-0.15, -0.1) is 0 Å². The molecule has 0 bridgehead atoms. The highest BCUT2D eigenvalue weighted by atomic mass is 79.9. The van der Waals surface area contributed by atoms with Crippen LogP contribution in [0.2, 0.25) is 0 Å². The van der Waals surface area contributed by atoms with E-state index in [1.807, 2.05) is 19.1 Å². The number of hydrogen-bond acceptors (Lipinski definition) is 5. The lowest BCUT2D eigenvalue weighted by molar-refractivity contribution is -0.127. The van der Waals surface area contributed by atoms with Crippen LogP contribution in [0.3, 0.4) is 0 Å². The molecule has 0 unspecified atom stereocenters. The summed E-state index contributed by atoms with van der Waals surface area (Å²) in [7, 11) is 0. The number of nitrogens with one attached hydrogen (secondary N) is 1. The van der Waals surface area contributed by atoms with Crippen LogP contribution in [0.5, 0.6) is 5.75 Å². The molecule has 4 rings (SSSR count). The Hall–Kier alpha value is -3.43. The Labute approximate surface area is 220 Å². The van der Waals surface area contributed by atoms with Crippen molar-refractivity contribution in [2.45, 2.75) is 20.0 Å². The van der Waals surface area contributed by atoms with E-state index in [2.05, 4.69) is 21.2 Å². The number of hydrogen-bond donors (Lipinski definition) is 1. The summed E-state index contributed by atoms with van der Waals surface area (Å²) in [5.74, 6) is -0.702. The second-order valence-electron chi connectivity index (χ2n) is 7.97. The number of benzene rings is 3. The van der Waals surface area contributed by atoms with E-state index >= 15 is 0 Å². The molecule has 1 aliphatic heterocycles. The topological polar surface area (TPSA) is 75.7 Å². The highest BCUT2D eigenvalue weighted by Crippen LogP contribution is 2.34. The van der Waals surface area contributed by atoms with Crippen LogP contribution in [0.1, 0.15) is 23.6 Å². The highest BCUT2D eigenvalue weighted by Gasteiger charge is 2.36. The molecule has 0 aromatic heterocycles. The summed E-state index contributed by atoms with van der Waals surface area (Å²) in [5, 5.41) is 2.21. The van der Waals surface area contributed by atoms with Gasteiger partial charge in [-0.25, -0.2) is 4.39 Å². The second kappa shape index (κ2) is 11.5. The van der Waals surface area contributed by atoms with Crippen molar-refractivity contribution < 1.29 is 23.5 Å². The van der Waals surface area contributed by atoms with E-state index in [9.17, 15) is 18.8 Å². The molecular formula is C27H22BrFN2O4S. The third kappa shape index (κ3) is 6.41. The van der Waals surface area contributed by atoms with Crippen molar-refractivity contribution in [1.82, 2.24) is 4.90 Å². The Balaban J connectivity index is 1.38. The van der Waals surface area contributed by atoms with E-state index < -0.39 is 17.1 Å². The van der Waals surface area contributed by atoms with Crippen LogP contribution < -0.4 is 10.1 Å². The normalized spacial score (nSPS) is 14.4. The first-order valence-electron chi connectivity index (χ1n) is 11.1. The molecule has 3 aromatic rings. The van der Waals surface area contributed by atoms with Crippen molar-refractivity contribution in [3.05, 3.63) is 98.6 Å². The van der Waals surface area contributed by atoms with Gasteiger partial charge in [-0.05, 0) is 93.3 Å². The first-order chi connectivity index (χ1) is 17.3. The zero-order valence-corrected chi connectivity index (χ0v) is 21.7. The predicted octanol–water partition coefficient (Wildman–Crippen LogP) is 6.40. The molecule has 1 aliphatic rings. The minimum Gasteiger partial charge on any atom is -0.488 e. The van der Waals surface area contributed by atoms with Gasteiger partial charge in [-0.2, -0.15) is 0 Å². The van der Waals surface area contributed by atoms with Crippen molar-refractivity contribution in [2.24, 2.45) is 0 Å². The van der Waals surface area contributed by atoms with Crippen LogP contribution in [0.25, 0.3) is 6.08 Å². The molecule has 0 radical (unpaired) electrons. The molecular weight excluding hydrogens is 547 g/mol. The minimum atomic E-state index is -0.519. The predicted molar refractivity (Wildman–Crippen MR) is 142 cm³/mol. The first-order valence-corrected chi connectivity index (χ1v) is 12.7. The molecule has 0 saturated carbocycles. The molecule has 6 nitrogen and oxygen atoms in total. The van der Waals surface area contributed by atoms with Crippen LogP contribution in [0.15, 0.2) is 76.1 Å². The Morgan fingerprint density at radius 2 is 1.75 bits per heavy atom. The fourth-order valence-electron chi connectivity index (χ4n) is 3.42. The summed E-state index contributed by atoms with van der Waals surface area (Å²) in [5.41, 5.74) is 3.25. The molecule has 1 saturated heterocycles. The Morgan fingerprint density at radius 1 is 1.06 bits per heavy atom. The summed E-state index contributed by atoms with van der Waals surface area (Å²) in [6.45, 7) is 1.94. The van der Waals surface area contributed by atoms with Crippen molar-refractivity contribution in [3.8, 4) is 5.75 Å². The number of halogens is 2. The summed E-state index contributed by atoms with van der Waals surface area (Å²) in [6.07, 6.45) is 2.49. The zero-order valence-electron chi connectivity index (χ0n) is 19.3. The van der Waals surface area contributed by atoms with E-state index in [1.165, 1.54) is 12.1 Å². The number of ether oxygens (including phenoxy) is 1. The zero-order chi connectivity index (χ0) is 25.7. The number of rotatable bonds is 8. The van der Waals surface area contributed by atoms with E-state index in [-0.39, 0.29) is 23.9 Å².